The minimum Gasteiger partial charge on any atom is -0.453 e. The largest absolute Gasteiger partial charge is 0.453 e. The zero-order chi connectivity index (χ0) is 45.9. The summed E-state index contributed by atoms with van der Waals surface area (Å²) in [5, 5.41) is 7.76. The number of aromatic nitrogens is 4. The standard InChI is InChI=1S/C51H64N8O6/c1-27(2)42(56-49(62)64-7)47(60)58-26-51(20-9-10-21-51)24-41(58)46-53-38-19-15-32-23-31(14-16-34(32)44(38)55-46)33-17-18-37(36-13-11-12-35(33)36)39-25-52-45(54-39)40-22-29(5)30(6)59(40)48(61)43(28(3)4)57-50(63)65-8/h14-19,23,25,27-30,40-43H,9-13,20-22,24,26H2,1-8H3,(H,52,54)(H,53,55)(H,56,62)(H,57,63)/t29-,30-,40-,41-,42-,43-/m0/s1. The first-order valence-corrected chi connectivity index (χ1v) is 23.6. The summed E-state index contributed by atoms with van der Waals surface area (Å²) in [5.41, 5.74) is 9.01. The van der Waals surface area contributed by atoms with Crippen molar-refractivity contribution in [1.29, 1.82) is 0 Å². The van der Waals surface area contributed by atoms with E-state index in [9.17, 15) is 19.2 Å². The molecule has 1 saturated carbocycles. The van der Waals surface area contributed by atoms with Crippen LogP contribution in [-0.4, -0.2) is 92.6 Å². The molecule has 344 valence electrons. The van der Waals surface area contributed by atoms with E-state index in [-0.39, 0.29) is 53.1 Å². The first-order valence-electron chi connectivity index (χ1n) is 23.6. The zero-order valence-corrected chi connectivity index (χ0v) is 39.0. The highest BCUT2D eigenvalue weighted by Gasteiger charge is 2.50. The molecular formula is C51H64N8O6. The summed E-state index contributed by atoms with van der Waals surface area (Å²) in [7, 11) is 2.63. The molecule has 4 amide bonds. The van der Waals surface area contributed by atoms with Crippen molar-refractivity contribution in [3.8, 4) is 22.4 Å². The number of hydrogen-bond acceptors (Lipinski definition) is 8. The lowest BCUT2D eigenvalue weighted by Gasteiger charge is -2.33. The van der Waals surface area contributed by atoms with Gasteiger partial charge in [0.15, 0.2) is 0 Å². The molecule has 6 atom stereocenters. The molecule has 4 N–H and O–H groups in total. The summed E-state index contributed by atoms with van der Waals surface area (Å²) in [4.78, 5) is 74.3. The lowest BCUT2D eigenvalue weighted by molar-refractivity contribution is -0.138. The fraction of sp³-hybridized carbons (Fsp3) is 0.529. The van der Waals surface area contributed by atoms with Crippen molar-refractivity contribution >= 4 is 45.8 Å². The number of aromatic amines is 2. The van der Waals surface area contributed by atoms with Gasteiger partial charge in [-0.2, -0.15) is 0 Å². The molecule has 0 unspecified atom stereocenters. The average molecular weight is 885 g/mol. The molecule has 2 aromatic heterocycles. The number of nitrogens with zero attached hydrogens (tertiary/aromatic N) is 4. The molecule has 9 rings (SSSR count). The number of ether oxygens (including phenoxy) is 2. The molecule has 4 heterocycles. The highest BCUT2D eigenvalue weighted by Crippen LogP contribution is 2.52. The third kappa shape index (κ3) is 8.00. The van der Waals surface area contributed by atoms with E-state index in [0.29, 0.717) is 6.54 Å². The SMILES string of the molecule is COC(=O)N[C@H](C(=O)N1CC2(CCCC2)C[C@H]1c1nc2ccc3cc(-c4ccc(-c5cnc([C@@H]6C[C@H](C)[C@H](C)N6C(=O)[C@@H](NC(=O)OC)C(C)C)[nH]5)c5c4CCC5)ccc3c2[nH]1)C(C)C. The number of rotatable bonds is 10. The molecule has 65 heavy (non-hydrogen) atoms. The number of likely N-dealkylation sites (tertiary alicyclic amines) is 2. The smallest absolute Gasteiger partial charge is 0.407 e. The fourth-order valence-electron chi connectivity index (χ4n) is 11.6. The Morgan fingerprint density at radius 1 is 0.785 bits per heavy atom. The summed E-state index contributed by atoms with van der Waals surface area (Å²) in [6.07, 6.45) is 9.79. The number of amides is 4. The van der Waals surface area contributed by atoms with E-state index in [1.165, 1.54) is 30.9 Å². The Labute approximate surface area is 381 Å². The van der Waals surface area contributed by atoms with Crippen molar-refractivity contribution in [2.24, 2.45) is 23.2 Å². The van der Waals surface area contributed by atoms with Crippen LogP contribution in [0, 0.1) is 23.2 Å². The quantitative estimate of drug-likeness (QED) is 0.107. The van der Waals surface area contributed by atoms with Gasteiger partial charge in [0, 0.05) is 23.5 Å². The zero-order valence-electron chi connectivity index (χ0n) is 39.0. The van der Waals surface area contributed by atoms with Gasteiger partial charge in [-0.15, -0.1) is 0 Å². The van der Waals surface area contributed by atoms with Crippen LogP contribution in [0.2, 0.25) is 0 Å². The van der Waals surface area contributed by atoms with Crippen molar-refractivity contribution in [1.82, 2.24) is 40.4 Å². The second-order valence-electron chi connectivity index (χ2n) is 20.0. The summed E-state index contributed by atoms with van der Waals surface area (Å²) in [6.45, 7) is 12.6. The maximum atomic E-state index is 14.3. The monoisotopic (exact) mass is 884 g/mol. The Kier molecular flexibility index (Phi) is 11.9. The van der Waals surface area contributed by atoms with Gasteiger partial charge in [-0.3, -0.25) is 9.59 Å². The van der Waals surface area contributed by atoms with Gasteiger partial charge < -0.3 is 39.9 Å². The summed E-state index contributed by atoms with van der Waals surface area (Å²) < 4.78 is 9.76. The van der Waals surface area contributed by atoms with Gasteiger partial charge >= 0.3 is 12.2 Å². The summed E-state index contributed by atoms with van der Waals surface area (Å²) in [6, 6.07) is 13.4. The second kappa shape index (κ2) is 17.5. The Morgan fingerprint density at radius 3 is 2.12 bits per heavy atom. The van der Waals surface area contributed by atoms with E-state index in [1.54, 1.807) is 0 Å². The van der Waals surface area contributed by atoms with Gasteiger partial charge in [0.25, 0.3) is 0 Å². The van der Waals surface area contributed by atoms with Crippen LogP contribution < -0.4 is 10.6 Å². The lowest BCUT2D eigenvalue weighted by atomic mass is 9.84. The van der Waals surface area contributed by atoms with Crippen LogP contribution >= 0.6 is 0 Å². The molecule has 2 aliphatic heterocycles. The molecule has 4 aliphatic rings. The van der Waals surface area contributed by atoms with Crippen LogP contribution in [0.1, 0.15) is 121 Å². The van der Waals surface area contributed by atoms with E-state index in [0.717, 1.165) is 108 Å². The van der Waals surface area contributed by atoms with E-state index >= 15 is 0 Å². The van der Waals surface area contributed by atoms with Crippen LogP contribution in [0.25, 0.3) is 44.2 Å². The first kappa shape index (κ1) is 44.3. The van der Waals surface area contributed by atoms with Crippen molar-refractivity contribution < 1.29 is 28.7 Å². The lowest BCUT2D eigenvalue weighted by Crippen LogP contribution is -2.53. The van der Waals surface area contributed by atoms with Crippen molar-refractivity contribution in [3.05, 3.63) is 71.4 Å². The molecule has 14 nitrogen and oxygen atoms in total. The third-order valence-corrected chi connectivity index (χ3v) is 15.3. The number of nitrogens with one attached hydrogen (secondary N) is 4. The number of H-pyrrole nitrogens is 2. The maximum absolute atomic E-state index is 14.3. The Morgan fingerprint density at radius 2 is 1.45 bits per heavy atom. The van der Waals surface area contributed by atoms with E-state index in [2.05, 4.69) is 76.9 Å². The number of alkyl carbamates (subject to hydrolysis) is 2. The molecule has 2 aliphatic carbocycles. The third-order valence-electron chi connectivity index (χ3n) is 15.3. The Hall–Kier alpha value is -5.92. The fourth-order valence-corrected chi connectivity index (χ4v) is 11.6. The summed E-state index contributed by atoms with van der Waals surface area (Å²) in [5.74, 6) is 1.33. The minimum atomic E-state index is -0.716. The Balaban J connectivity index is 0.997. The number of carbonyl (C=O) groups excluding carboxylic acids is 4. The van der Waals surface area contributed by atoms with Gasteiger partial charge in [0.1, 0.15) is 23.7 Å². The number of benzene rings is 3. The molecule has 1 spiro atoms. The van der Waals surface area contributed by atoms with Gasteiger partial charge in [-0.05, 0) is 115 Å². The number of imidazole rings is 2. The van der Waals surface area contributed by atoms with Crippen LogP contribution in [0.4, 0.5) is 9.59 Å². The molecule has 2 saturated heterocycles. The predicted octanol–water partition coefficient (Wildman–Crippen LogP) is 9.15. The van der Waals surface area contributed by atoms with E-state index < -0.39 is 24.3 Å². The van der Waals surface area contributed by atoms with Gasteiger partial charge in [-0.25, -0.2) is 19.6 Å². The normalized spacial score (nSPS) is 22.3. The second-order valence-corrected chi connectivity index (χ2v) is 20.0. The number of fused-ring (bicyclic) bond motifs is 4. The molecule has 0 bridgehead atoms. The predicted molar refractivity (Wildman–Crippen MR) is 250 cm³/mol. The number of carbonyl (C=O) groups is 4. The topological polar surface area (TPSA) is 175 Å². The molecular weight excluding hydrogens is 821 g/mol. The van der Waals surface area contributed by atoms with Gasteiger partial charge in [0.2, 0.25) is 11.8 Å². The first-order chi connectivity index (χ1) is 31.2. The molecule has 3 fully saturated rings. The average Bonchev–Trinajstić information content (AvgIpc) is 4.17. The molecule has 3 aromatic carbocycles. The van der Waals surface area contributed by atoms with Crippen LogP contribution in [0.15, 0.2) is 48.7 Å². The van der Waals surface area contributed by atoms with E-state index in [1.807, 2.05) is 43.7 Å². The van der Waals surface area contributed by atoms with Crippen molar-refractivity contribution in [2.75, 3.05) is 20.8 Å². The number of hydrogen-bond donors (Lipinski definition) is 4. The highest BCUT2D eigenvalue weighted by atomic mass is 16.5. The highest BCUT2D eigenvalue weighted by molar-refractivity contribution is 6.05. The van der Waals surface area contributed by atoms with Crippen LogP contribution in [0.3, 0.4) is 0 Å². The van der Waals surface area contributed by atoms with Crippen molar-refractivity contribution in [2.45, 2.75) is 130 Å². The van der Waals surface area contributed by atoms with Crippen LogP contribution in [-0.2, 0) is 31.9 Å². The van der Waals surface area contributed by atoms with Crippen LogP contribution in [0.5, 0.6) is 0 Å². The maximum Gasteiger partial charge on any atom is 0.407 e. The van der Waals surface area contributed by atoms with E-state index in [4.69, 9.17) is 19.4 Å². The van der Waals surface area contributed by atoms with Gasteiger partial charge in [-0.1, -0.05) is 77.8 Å². The van der Waals surface area contributed by atoms with Gasteiger partial charge in [0.05, 0.1) is 49.2 Å². The van der Waals surface area contributed by atoms with Crippen molar-refractivity contribution in [3.63, 3.8) is 0 Å². The number of methoxy groups -OCH3 is 2. The molecule has 0 radical (unpaired) electrons. The molecule has 14 heteroatoms. The molecule has 5 aromatic rings. The Bertz CT molecular complexity index is 2640. The summed E-state index contributed by atoms with van der Waals surface area (Å²) >= 11 is 0. The minimum absolute atomic E-state index is 0.0306.